The lowest BCUT2D eigenvalue weighted by Gasteiger charge is -2.47. The van der Waals surface area contributed by atoms with Gasteiger partial charge >= 0.3 is 0 Å². The summed E-state index contributed by atoms with van der Waals surface area (Å²) in [5, 5.41) is 9.24. The summed E-state index contributed by atoms with van der Waals surface area (Å²) in [4.78, 5) is 22.0. The Balaban J connectivity index is 1.41. The van der Waals surface area contributed by atoms with Crippen LogP contribution in [-0.4, -0.2) is 21.9 Å². The Labute approximate surface area is 157 Å². The van der Waals surface area contributed by atoms with E-state index in [-0.39, 0.29) is 5.91 Å². The van der Waals surface area contributed by atoms with Crippen molar-refractivity contribution >= 4 is 34.3 Å². The molecule has 2 heterocycles. The smallest absolute Gasteiger partial charge is 0.270 e. The van der Waals surface area contributed by atoms with E-state index in [2.05, 4.69) is 32.8 Å². The Kier molecular flexibility index (Phi) is 3.81. The van der Waals surface area contributed by atoms with Crippen LogP contribution in [0.5, 0.6) is 0 Å². The summed E-state index contributed by atoms with van der Waals surface area (Å²) >= 11 is 1.52. The maximum Gasteiger partial charge on any atom is 0.270 e. The fourth-order valence-corrected chi connectivity index (χ4v) is 5.27. The van der Waals surface area contributed by atoms with Gasteiger partial charge in [0.25, 0.3) is 5.91 Å². The molecule has 26 heavy (non-hydrogen) atoms. The van der Waals surface area contributed by atoms with E-state index in [1.807, 2.05) is 11.4 Å². The molecule has 1 atom stereocenters. The molecule has 0 radical (unpaired) electrons. The number of rotatable bonds is 4. The number of anilines is 2. The molecule has 2 fully saturated rings. The van der Waals surface area contributed by atoms with E-state index in [0.717, 1.165) is 29.1 Å². The lowest BCUT2D eigenvalue weighted by molar-refractivity contribution is 0.0579. The number of carbonyl (C=O) groups is 1. The predicted octanol–water partition coefficient (Wildman–Crippen LogP) is 4.30. The number of nitrogens with zero attached hydrogens (tertiary/aromatic N) is 2. The monoisotopic (exact) mass is 366 g/mol. The van der Waals surface area contributed by atoms with Crippen molar-refractivity contribution in [1.82, 2.24) is 15.3 Å². The standard InChI is InChI=1S/C20H22N4OS/c25-18(22-15-6-9-20(15)7-1-2-8-20)17-14-5-3-4-13(14)12-16(23-17)24-19-21-10-11-26-19/h3-4,10-12,15H,1-2,5-9H2,(H,22,25)(H,21,23,24). The Morgan fingerprint density at radius 2 is 2.15 bits per heavy atom. The number of hydrogen-bond acceptors (Lipinski definition) is 5. The van der Waals surface area contributed by atoms with Crippen molar-refractivity contribution in [2.45, 2.75) is 51.0 Å². The fraction of sp³-hybridized carbons (Fsp3) is 0.450. The third-order valence-electron chi connectivity index (χ3n) is 6.24. The second-order valence-electron chi connectivity index (χ2n) is 7.63. The maximum absolute atomic E-state index is 13.1. The van der Waals surface area contributed by atoms with Crippen LogP contribution < -0.4 is 10.6 Å². The molecule has 5 nitrogen and oxygen atoms in total. The van der Waals surface area contributed by atoms with Crippen LogP contribution in [0.25, 0.3) is 6.08 Å². The highest BCUT2D eigenvalue weighted by molar-refractivity contribution is 7.13. The van der Waals surface area contributed by atoms with Crippen LogP contribution in [0.15, 0.2) is 23.7 Å². The molecule has 2 saturated carbocycles. The van der Waals surface area contributed by atoms with E-state index in [1.165, 1.54) is 43.4 Å². The van der Waals surface area contributed by atoms with Crippen molar-refractivity contribution in [3.05, 3.63) is 40.5 Å². The van der Waals surface area contributed by atoms with Crippen LogP contribution in [0, 0.1) is 5.41 Å². The highest BCUT2D eigenvalue weighted by Crippen LogP contribution is 2.53. The quantitative estimate of drug-likeness (QED) is 0.846. The molecule has 1 unspecified atom stereocenters. The number of pyridine rings is 1. The molecule has 0 saturated heterocycles. The van der Waals surface area contributed by atoms with Gasteiger partial charge in [-0.2, -0.15) is 0 Å². The molecule has 6 heteroatoms. The Hall–Kier alpha value is -2.21. The second kappa shape index (κ2) is 6.20. The van der Waals surface area contributed by atoms with Crippen molar-refractivity contribution in [2.75, 3.05) is 5.32 Å². The van der Waals surface area contributed by atoms with Crippen LogP contribution in [0.3, 0.4) is 0 Å². The first-order chi connectivity index (χ1) is 12.7. The van der Waals surface area contributed by atoms with E-state index in [0.29, 0.717) is 23.0 Å². The zero-order chi connectivity index (χ0) is 17.6. The first-order valence-corrected chi connectivity index (χ1v) is 10.3. The van der Waals surface area contributed by atoms with Crippen molar-refractivity contribution in [3.63, 3.8) is 0 Å². The van der Waals surface area contributed by atoms with Crippen molar-refractivity contribution in [2.24, 2.45) is 5.41 Å². The van der Waals surface area contributed by atoms with Crippen LogP contribution in [0.4, 0.5) is 10.9 Å². The minimum Gasteiger partial charge on any atom is -0.347 e. The number of fused-ring (bicyclic) bond motifs is 1. The van der Waals surface area contributed by atoms with Gasteiger partial charge in [-0.15, -0.1) is 11.3 Å². The van der Waals surface area contributed by atoms with Crippen LogP contribution >= 0.6 is 11.3 Å². The summed E-state index contributed by atoms with van der Waals surface area (Å²) in [5.41, 5.74) is 3.04. The van der Waals surface area contributed by atoms with E-state index in [4.69, 9.17) is 0 Å². The first kappa shape index (κ1) is 16.0. The molecule has 0 bridgehead atoms. The van der Waals surface area contributed by atoms with Crippen LogP contribution in [0.2, 0.25) is 0 Å². The van der Waals surface area contributed by atoms with Gasteiger partial charge in [-0.3, -0.25) is 4.79 Å². The van der Waals surface area contributed by atoms with E-state index in [9.17, 15) is 4.79 Å². The summed E-state index contributed by atoms with van der Waals surface area (Å²) in [6, 6.07) is 2.32. The maximum atomic E-state index is 13.1. The number of thiazole rings is 1. The molecule has 0 aromatic carbocycles. The first-order valence-electron chi connectivity index (χ1n) is 9.41. The van der Waals surface area contributed by atoms with Gasteiger partial charge in [0.2, 0.25) is 0 Å². The number of aromatic nitrogens is 2. The van der Waals surface area contributed by atoms with Crippen molar-refractivity contribution in [3.8, 4) is 0 Å². The average molecular weight is 366 g/mol. The highest BCUT2D eigenvalue weighted by atomic mass is 32.1. The van der Waals surface area contributed by atoms with Crippen LogP contribution in [-0.2, 0) is 6.42 Å². The summed E-state index contributed by atoms with van der Waals surface area (Å²) in [5.74, 6) is 0.656. The van der Waals surface area contributed by atoms with E-state index < -0.39 is 0 Å². The number of nitrogens with one attached hydrogen (secondary N) is 2. The zero-order valence-corrected chi connectivity index (χ0v) is 15.4. The molecule has 5 rings (SSSR count). The summed E-state index contributed by atoms with van der Waals surface area (Å²) in [6.45, 7) is 0. The molecule has 0 aliphatic heterocycles. The molecule has 1 amide bonds. The van der Waals surface area contributed by atoms with E-state index in [1.54, 1.807) is 6.20 Å². The topological polar surface area (TPSA) is 66.9 Å². The SMILES string of the molecule is O=C(NC1CCC12CCCC2)c1nc(Nc2nccs2)cc2c1CC=C2. The lowest BCUT2D eigenvalue weighted by atomic mass is 9.63. The van der Waals surface area contributed by atoms with Gasteiger partial charge in [0, 0.05) is 17.6 Å². The molecular formula is C20H22N4OS. The minimum atomic E-state index is -0.0243. The van der Waals surface area contributed by atoms with Gasteiger partial charge in [0.05, 0.1) is 0 Å². The molecule has 2 aromatic heterocycles. The normalized spacial score (nSPS) is 22.2. The Morgan fingerprint density at radius 3 is 2.88 bits per heavy atom. The third-order valence-corrected chi connectivity index (χ3v) is 6.92. The molecule has 2 aromatic rings. The number of amides is 1. The number of hydrogen-bond donors (Lipinski definition) is 2. The fourth-order valence-electron chi connectivity index (χ4n) is 4.73. The van der Waals surface area contributed by atoms with Gasteiger partial charge in [-0.05, 0) is 54.7 Å². The van der Waals surface area contributed by atoms with Crippen molar-refractivity contribution in [1.29, 1.82) is 0 Å². The van der Waals surface area contributed by atoms with Gasteiger partial charge in [-0.1, -0.05) is 25.0 Å². The largest absolute Gasteiger partial charge is 0.347 e. The van der Waals surface area contributed by atoms with E-state index >= 15 is 0 Å². The molecule has 1 spiro atoms. The van der Waals surface area contributed by atoms with Crippen molar-refractivity contribution < 1.29 is 4.79 Å². The molecule has 2 N–H and O–H groups in total. The average Bonchev–Trinajstić information content (AvgIpc) is 3.38. The van der Waals surface area contributed by atoms with Gasteiger partial charge in [-0.25, -0.2) is 9.97 Å². The second-order valence-corrected chi connectivity index (χ2v) is 8.52. The molecular weight excluding hydrogens is 344 g/mol. The zero-order valence-electron chi connectivity index (χ0n) is 14.6. The third kappa shape index (κ3) is 2.63. The minimum absolute atomic E-state index is 0.0243. The Morgan fingerprint density at radius 1 is 1.27 bits per heavy atom. The molecule has 3 aliphatic carbocycles. The highest BCUT2D eigenvalue weighted by Gasteiger charge is 2.48. The molecule has 134 valence electrons. The summed E-state index contributed by atoms with van der Waals surface area (Å²) in [7, 11) is 0. The number of carbonyl (C=O) groups excluding carboxylic acids is 1. The Bertz CT molecular complexity index is 868. The van der Waals surface area contributed by atoms with Crippen LogP contribution in [0.1, 0.15) is 60.1 Å². The summed E-state index contributed by atoms with van der Waals surface area (Å²) in [6.07, 6.45) is 14.2. The summed E-state index contributed by atoms with van der Waals surface area (Å²) < 4.78 is 0. The van der Waals surface area contributed by atoms with Gasteiger partial charge in [0.15, 0.2) is 5.13 Å². The number of allylic oxidation sites excluding steroid dienone is 1. The van der Waals surface area contributed by atoms with Gasteiger partial charge < -0.3 is 10.6 Å². The lowest BCUT2D eigenvalue weighted by Crippen LogP contribution is -2.54. The molecule has 3 aliphatic rings. The van der Waals surface area contributed by atoms with Gasteiger partial charge in [0.1, 0.15) is 11.5 Å². The predicted molar refractivity (Wildman–Crippen MR) is 104 cm³/mol.